The Hall–Kier alpha value is -0.217. The van der Waals surface area contributed by atoms with Crippen molar-refractivity contribution in [2.75, 3.05) is 14.2 Å². The smallest absolute Gasteiger partial charge is 1.00 e. The molecule has 0 aromatic heterocycles. The molecule has 2 rings (SSSR count). The van der Waals surface area contributed by atoms with Gasteiger partial charge in [0.05, 0.1) is 19.8 Å². The average Bonchev–Trinajstić information content (AvgIpc) is 2.81. The van der Waals surface area contributed by atoms with E-state index in [-0.39, 0.29) is 63.2 Å². The van der Waals surface area contributed by atoms with Crippen LogP contribution in [-0.4, -0.2) is 51.2 Å². The number of aryl methyl sites for hydroxylation is 1. The molecule has 2 atom stereocenters. The third-order valence-electron chi connectivity index (χ3n) is 7.81. The fourth-order valence-corrected chi connectivity index (χ4v) is 8.79. The van der Waals surface area contributed by atoms with E-state index in [1.54, 1.807) is 14.2 Å². The molecule has 7 heteroatoms. The van der Waals surface area contributed by atoms with Gasteiger partial charge in [-0.25, -0.2) is 0 Å². The van der Waals surface area contributed by atoms with Crippen LogP contribution >= 0.6 is 0 Å². The van der Waals surface area contributed by atoms with Gasteiger partial charge in [0.2, 0.25) is 0 Å². The van der Waals surface area contributed by atoms with Crippen LogP contribution < -0.4 is 31.6 Å². The van der Waals surface area contributed by atoms with Gasteiger partial charge >= 0.3 is 23.1 Å². The van der Waals surface area contributed by atoms with Crippen molar-refractivity contribution in [3.8, 4) is 11.5 Å². The van der Waals surface area contributed by atoms with E-state index in [0.717, 1.165) is 54.5 Å². The first-order chi connectivity index (χ1) is 15.7. The topological polar surface area (TPSA) is 50.8 Å². The van der Waals surface area contributed by atoms with Crippen LogP contribution in [0.4, 0.5) is 0 Å². The van der Waals surface area contributed by atoms with E-state index in [1.807, 2.05) is 6.08 Å². The SMILES string of the molecule is CCCCCc1cc(OC)c([C@@H]2C=C([O-])CC[C@H]2C(C)(C)O[Si](CC)(CC)CC)c(OC)c1.[Br-].[Mg+2]. The summed E-state index contributed by atoms with van der Waals surface area (Å²) in [5, 5.41) is 12.6. The van der Waals surface area contributed by atoms with Crippen LogP contribution in [0.3, 0.4) is 0 Å². The maximum atomic E-state index is 12.6. The monoisotopic (exact) mass is 578 g/mol. The van der Waals surface area contributed by atoms with Crippen molar-refractivity contribution in [1.82, 2.24) is 0 Å². The largest absolute Gasteiger partial charge is 2.00 e. The number of hydrogen-bond acceptors (Lipinski definition) is 4. The summed E-state index contributed by atoms with van der Waals surface area (Å²) in [5.41, 5.74) is 1.88. The summed E-state index contributed by atoms with van der Waals surface area (Å²) >= 11 is 0. The second kappa shape index (κ2) is 15.9. The van der Waals surface area contributed by atoms with Crippen molar-refractivity contribution >= 4 is 31.4 Å². The normalized spacial score (nSPS) is 18.2. The van der Waals surface area contributed by atoms with Gasteiger partial charge in [-0.05, 0) is 81.3 Å². The zero-order chi connectivity index (χ0) is 24.6. The third-order valence-corrected chi connectivity index (χ3v) is 12.6. The van der Waals surface area contributed by atoms with Gasteiger partial charge in [-0.1, -0.05) is 46.6 Å². The van der Waals surface area contributed by atoms with E-state index < -0.39 is 8.32 Å². The minimum Gasteiger partial charge on any atom is -1.00 e. The summed E-state index contributed by atoms with van der Waals surface area (Å²) in [6, 6.07) is 7.64. The minimum absolute atomic E-state index is 0. The first-order valence-electron chi connectivity index (χ1n) is 13.0. The summed E-state index contributed by atoms with van der Waals surface area (Å²) in [5.74, 6) is 1.94. The van der Waals surface area contributed by atoms with Crippen molar-refractivity contribution in [2.45, 2.75) is 110 Å². The minimum atomic E-state index is -1.82. The maximum absolute atomic E-state index is 12.6. The van der Waals surface area contributed by atoms with Gasteiger partial charge in [-0.3, -0.25) is 0 Å². The Labute approximate surface area is 242 Å². The molecule has 0 saturated carbocycles. The molecule has 196 valence electrons. The van der Waals surface area contributed by atoms with Crippen LogP contribution in [0.2, 0.25) is 18.1 Å². The fourth-order valence-electron chi connectivity index (χ4n) is 5.59. The van der Waals surface area contributed by atoms with E-state index in [4.69, 9.17) is 13.9 Å². The number of unbranched alkanes of at least 4 members (excludes halogenated alkanes) is 2. The number of methoxy groups -OCH3 is 2. The molecule has 1 aromatic rings. The van der Waals surface area contributed by atoms with Crippen LogP contribution in [0.25, 0.3) is 0 Å². The predicted octanol–water partition coefficient (Wildman–Crippen LogP) is 3.60. The quantitative estimate of drug-likeness (QED) is 0.265. The van der Waals surface area contributed by atoms with Crippen molar-refractivity contribution in [1.29, 1.82) is 0 Å². The van der Waals surface area contributed by atoms with Crippen molar-refractivity contribution in [3.63, 3.8) is 0 Å². The number of halogens is 1. The Balaban J connectivity index is 0.00000578. The second-order valence-corrected chi connectivity index (χ2v) is 14.8. The number of rotatable bonds is 13. The van der Waals surface area contributed by atoms with Crippen LogP contribution in [0.15, 0.2) is 24.0 Å². The zero-order valence-corrected chi connectivity index (χ0v) is 27.5. The maximum Gasteiger partial charge on any atom is 2.00 e. The summed E-state index contributed by atoms with van der Waals surface area (Å²) in [7, 11) is 1.62. The average molecular weight is 580 g/mol. The predicted molar refractivity (Wildman–Crippen MR) is 144 cm³/mol. The van der Waals surface area contributed by atoms with Gasteiger partial charge in [0.15, 0.2) is 8.32 Å². The molecule has 0 unspecified atom stereocenters. The molecule has 0 N–H and O–H groups in total. The molecule has 4 nitrogen and oxygen atoms in total. The van der Waals surface area contributed by atoms with Crippen LogP contribution in [-0.2, 0) is 10.8 Å². The zero-order valence-electron chi connectivity index (χ0n) is 23.5. The van der Waals surface area contributed by atoms with E-state index >= 15 is 0 Å². The van der Waals surface area contributed by atoms with E-state index in [0.29, 0.717) is 6.42 Å². The Bertz CT molecular complexity index is 762. The molecule has 0 aliphatic heterocycles. The molecule has 1 aromatic carbocycles. The van der Waals surface area contributed by atoms with Gasteiger partial charge in [0, 0.05) is 11.5 Å². The standard InChI is InChI=1S/C28H48O4Si.BrH.Mg/c1-9-13-14-15-21-18-25(30-7)27(26(19-21)31-8)23-20-22(29)16-17-24(23)28(5,6)32-33(10-2,11-3)12-4;;/h18-20,23-24,29H,9-17H2,1-8H3;1H;/q;;+2/p-2/t23-,24-;;/m1../s1. The molecule has 0 radical (unpaired) electrons. The molecule has 35 heavy (non-hydrogen) atoms. The van der Waals surface area contributed by atoms with Crippen LogP contribution in [0.5, 0.6) is 11.5 Å². The number of allylic oxidation sites excluding steroid dienone is 2. The summed E-state index contributed by atoms with van der Waals surface area (Å²) in [6.07, 6.45) is 7.86. The van der Waals surface area contributed by atoms with E-state index in [2.05, 4.69) is 53.7 Å². The second-order valence-electron chi connectivity index (χ2n) is 10.1. The van der Waals surface area contributed by atoms with Crippen LogP contribution in [0.1, 0.15) is 90.7 Å². The van der Waals surface area contributed by atoms with Gasteiger partial charge in [0.25, 0.3) is 0 Å². The summed E-state index contributed by atoms with van der Waals surface area (Å²) in [4.78, 5) is 0. The Morgan fingerprint density at radius 3 is 1.97 bits per heavy atom. The van der Waals surface area contributed by atoms with Crippen molar-refractivity contribution < 1.29 is 36.0 Å². The molecule has 0 spiro atoms. The molecule has 0 heterocycles. The Morgan fingerprint density at radius 1 is 0.971 bits per heavy atom. The van der Waals surface area contributed by atoms with Crippen molar-refractivity contribution in [2.24, 2.45) is 5.92 Å². The van der Waals surface area contributed by atoms with Gasteiger partial charge in [0.1, 0.15) is 11.5 Å². The summed E-state index contributed by atoms with van der Waals surface area (Å²) in [6.45, 7) is 13.5. The molecule has 0 bridgehead atoms. The first kappa shape index (κ1) is 34.8. The molecule has 1 aliphatic rings. The van der Waals surface area contributed by atoms with E-state index in [9.17, 15) is 5.11 Å². The number of benzene rings is 1. The Kier molecular flexibility index (Phi) is 15.8. The molecule has 0 amide bonds. The molecular weight excluding hydrogens is 533 g/mol. The molecule has 1 aliphatic carbocycles. The molecule has 0 saturated heterocycles. The van der Waals surface area contributed by atoms with E-state index in [1.165, 1.54) is 18.4 Å². The molecular formula is C28H47BrMgO4Si. The fraction of sp³-hybridized carbons (Fsp3) is 0.714. The Morgan fingerprint density at radius 2 is 1.51 bits per heavy atom. The molecule has 0 fully saturated rings. The van der Waals surface area contributed by atoms with Gasteiger partial charge in [-0.15, -0.1) is 5.76 Å². The number of hydrogen-bond donors (Lipinski definition) is 0. The number of ether oxygens (including phenoxy) is 2. The summed E-state index contributed by atoms with van der Waals surface area (Å²) < 4.78 is 18.9. The van der Waals surface area contributed by atoms with Crippen molar-refractivity contribution in [3.05, 3.63) is 35.1 Å². The first-order valence-corrected chi connectivity index (χ1v) is 15.6. The van der Waals surface area contributed by atoms with Crippen LogP contribution in [0, 0.1) is 5.92 Å². The van der Waals surface area contributed by atoms with Gasteiger partial charge in [-0.2, -0.15) is 0 Å². The van der Waals surface area contributed by atoms with Gasteiger partial charge < -0.3 is 36.0 Å². The third kappa shape index (κ3) is 8.66.